The van der Waals surface area contributed by atoms with Gasteiger partial charge in [-0.05, 0) is 49.5 Å². The van der Waals surface area contributed by atoms with E-state index in [4.69, 9.17) is 0 Å². The molecule has 0 N–H and O–H groups in total. The Morgan fingerprint density at radius 3 is 1.61 bits per heavy atom. The normalized spacial score (nSPS) is 12.0. The lowest BCUT2D eigenvalue weighted by atomic mass is 9.90. The van der Waals surface area contributed by atoms with Crippen molar-refractivity contribution in [1.82, 2.24) is 0 Å². The maximum atomic E-state index is 14.9. The van der Waals surface area contributed by atoms with Crippen molar-refractivity contribution in [2.45, 2.75) is 0 Å². The molecule has 0 saturated carbocycles. The van der Waals surface area contributed by atoms with Crippen molar-refractivity contribution in [2.75, 3.05) is 0 Å². The van der Waals surface area contributed by atoms with Crippen LogP contribution in [0.2, 0.25) is 0 Å². The van der Waals surface area contributed by atoms with Crippen LogP contribution in [0, 0.1) is 0 Å². The Hall–Kier alpha value is -4.19. The standard InChI is InChI=1S/C34H23OP/c35-36(28-12-3-1-4-13-28,29-14-5-2-6-15-29)30-16-8-11-27(23-30)31-21-19-26-18-17-24-9-7-10-25-20-22-32(31)34(26)33(24)25/h1-23H. The lowest BCUT2D eigenvalue weighted by Gasteiger charge is -2.21. The first-order valence-corrected chi connectivity index (χ1v) is 13.9. The van der Waals surface area contributed by atoms with Crippen LogP contribution >= 0.6 is 7.14 Å². The summed E-state index contributed by atoms with van der Waals surface area (Å²) >= 11 is 0. The zero-order valence-electron chi connectivity index (χ0n) is 19.6. The molecule has 7 rings (SSSR count). The summed E-state index contributed by atoms with van der Waals surface area (Å²) < 4.78 is 14.9. The fourth-order valence-electron chi connectivity index (χ4n) is 5.58. The van der Waals surface area contributed by atoms with E-state index in [9.17, 15) is 4.57 Å². The third kappa shape index (κ3) is 3.14. The summed E-state index contributed by atoms with van der Waals surface area (Å²) in [6.07, 6.45) is 0. The summed E-state index contributed by atoms with van der Waals surface area (Å²) in [5.74, 6) is 0. The van der Waals surface area contributed by atoms with Gasteiger partial charge in [0.1, 0.15) is 0 Å². The largest absolute Gasteiger partial charge is 0.309 e. The molecule has 0 fully saturated rings. The van der Waals surface area contributed by atoms with Gasteiger partial charge >= 0.3 is 0 Å². The molecular weight excluding hydrogens is 455 g/mol. The van der Waals surface area contributed by atoms with Crippen molar-refractivity contribution < 1.29 is 4.57 Å². The molecule has 7 aromatic carbocycles. The monoisotopic (exact) mass is 478 g/mol. The highest BCUT2D eigenvalue weighted by molar-refractivity contribution is 7.85. The molecule has 1 nitrogen and oxygen atoms in total. The summed E-state index contributed by atoms with van der Waals surface area (Å²) in [7, 11) is -3.04. The van der Waals surface area contributed by atoms with Crippen LogP contribution in [-0.2, 0) is 4.57 Å². The van der Waals surface area contributed by atoms with E-state index < -0.39 is 7.14 Å². The second-order valence-electron chi connectivity index (χ2n) is 9.30. The predicted octanol–water partition coefficient (Wildman–Crippen LogP) is 7.89. The highest BCUT2D eigenvalue weighted by Gasteiger charge is 2.29. The summed E-state index contributed by atoms with van der Waals surface area (Å²) in [6, 6.07) is 47.9. The van der Waals surface area contributed by atoms with Gasteiger partial charge in [-0.3, -0.25) is 0 Å². The van der Waals surface area contributed by atoms with Crippen molar-refractivity contribution in [3.8, 4) is 11.1 Å². The van der Waals surface area contributed by atoms with Crippen LogP contribution in [0.3, 0.4) is 0 Å². The molecule has 0 aliphatic rings. The van der Waals surface area contributed by atoms with Gasteiger partial charge in [0.15, 0.2) is 7.14 Å². The van der Waals surface area contributed by atoms with E-state index in [2.05, 4.69) is 66.7 Å². The minimum Gasteiger partial charge on any atom is -0.309 e. The average Bonchev–Trinajstić information content (AvgIpc) is 2.96. The zero-order valence-corrected chi connectivity index (χ0v) is 20.5. The highest BCUT2D eigenvalue weighted by Crippen LogP contribution is 2.44. The van der Waals surface area contributed by atoms with Gasteiger partial charge in [0, 0.05) is 15.9 Å². The van der Waals surface area contributed by atoms with E-state index in [-0.39, 0.29) is 0 Å². The average molecular weight is 479 g/mol. The molecule has 0 aliphatic carbocycles. The van der Waals surface area contributed by atoms with Crippen molar-refractivity contribution in [3.63, 3.8) is 0 Å². The van der Waals surface area contributed by atoms with Crippen molar-refractivity contribution in [3.05, 3.63) is 140 Å². The molecule has 7 aromatic rings. The van der Waals surface area contributed by atoms with E-state index in [1.54, 1.807) is 0 Å². The first-order chi connectivity index (χ1) is 17.7. The maximum Gasteiger partial charge on any atom is 0.171 e. The Labute approximate surface area is 210 Å². The number of hydrogen-bond donors (Lipinski definition) is 0. The van der Waals surface area contributed by atoms with Gasteiger partial charge in [0.2, 0.25) is 0 Å². The molecular formula is C34H23OP. The Morgan fingerprint density at radius 1 is 0.417 bits per heavy atom. The summed E-state index contributed by atoms with van der Waals surface area (Å²) in [5.41, 5.74) is 2.24. The van der Waals surface area contributed by atoms with Gasteiger partial charge in [-0.25, -0.2) is 0 Å². The minimum absolute atomic E-state index is 0.850. The van der Waals surface area contributed by atoms with Crippen LogP contribution in [0.1, 0.15) is 0 Å². The quantitative estimate of drug-likeness (QED) is 0.186. The predicted molar refractivity (Wildman–Crippen MR) is 155 cm³/mol. The van der Waals surface area contributed by atoms with Crippen molar-refractivity contribution in [1.29, 1.82) is 0 Å². The van der Waals surface area contributed by atoms with E-state index in [0.717, 1.165) is 27.0 Å². The molecule has 0 amide bonds. The lowest BCUT2D eigenvalue weighted by Crippen LogP contribution is -2.25. The SMILES string of the molecule is O=P(c1ccccc1)(c1ccccc1)c1cccc(-c2ccc3ccc4cccc5ccc2c3c45)c1. The second-order valence-corrected chi connectivity index (χ2v) is 12.1. The lowest BCUT2D eigenvalue weighted by molar-refractivity contribution is 0.592. The van der Waals surface area contributed by atoms with Crippen LogP contribution in [0.4, 0.5) is 0 Å². The Kier molecular flexibility index (Phi) is 4.81. The molecule has 0 aliphatic heterocycles. The molecule has 0 atom stereocenters. The molecule has 0 unspecified atom stereocenters. The van der Waals surface area contributed by atoms with Crippen molar-refractivity contribution in [2.24, 2.45) is 0 Å². The van der Waals surface area contributed by atoms with Gasteiger partial charge in [0.05, 0.1) is 0 Å². The fraction of sp³-hybridized carbons (Fsp3) is 0. The molecule has 0 saturated heterocycles. The molecule has 0 heterocycles. The topological polar surface area (TPSA) is 17.1 Å². The van der Waals surface area contributed by atoms with E-state index in [1.807, 2.05) is 72.8 Å². The maximum absolute atomic E-state index is 14.9. The van der Waals surface area contributed by atoms with Crippen LogP contribution in [0.5, 0.6) is 0 Å². The fourth-order valence-corrected chi connectivity index (χ4v) is 8.27. The van der Waals surface area contributed by atoms with Crippen molar-refractivity contribution >= 4 is 55.4 Å². The molecule has 170 valence electrons. The van der Waals surface area contributed by atoms with E-state index in [1.165, 1.54) is 32.3 Å². The summed E-state index contributed by atoms with van der Waals surface area (Å²) in [4.78, 5) is 0. The Balaban J connectivity index is 1.49. The first-order valence-electron chi connectivity index (χ1n) is 12.2. The van der Waals surface area contributed by atoms with Gasteiger partial charge in [-0.1, -0.05) is 133 Å². The Bertz CT molecular complexity index is 1850. The zero-order chi connectivity index (χ0) is 24.1. The summed E-state index contributed by atoms with van der Waals surface area (Å²) in [6.45, 7) is 0. The third-order valence-electron chi connectivity index (χ3n) is 7.29. The second kappa shape index (κ2) is 8.19. The molecule has 0 aromatic heterocycles. The highest BCUT2D eigenvalue weighted by atomic mass is 31.2. The third-order valence-corrected chi connectivity index (χ3v) is 10.3. The number of benzene rings is 7. The number of rotatable bonds is 4. The van der Waals surface area contributed by atoms with Crippen LogP contribution < -0.4 is 15.9 Å². The molecule has 0 bridgehead atoms. The van der Waals surface area contributed by atoms with Crippen LogP contribution in [-0.4, -0.2) is 0 Å². The summed E-state index contributed by atoms with van der Waals surface area (Å²) in [5, 5.41) is 10.1. The van der Waals surface area contributed by atoms with E-state index in [0.29, 0.717) is 0 Å². The molecule has 36 heavy (non-hydrogen) atoms. The van der Waals surface area contributed by atoms with Gasteiger partial charge in [0.25, 0.3) is 0 Å². The van der Waals surface area contributed by atoms with Crippen LogP contribution in [0.25, 0.3) is 43.4 Å². The van der Waals surface area contributed by atoms with E-state index >= 15 is 0 Å². The molecule has 0 spiro atoms. The smallest absolute Gasteiger partial charge is 0.171 e. The molecule has 2 heteroatoms. The molecule has 0 radical (unpaired) electrons. The van der Waals surface area contributed by atoms with Gasteiger partial charge in [-0.2, -0.15) is 0 Å². The van der Waals surface area contributed by atoms with Gasteiger partial charge in [-0.15, -0.1) is 0 Å². The number of hydrogen-bond acceptors (Lipinski definition) is 1. The minimum atomic E-state index is -3.04. The Morgan fingerprint density at radius 2 is 0.944 bits per heavy atom. The first kappa shape index (κ1) is 21.1. The van der Waals surface area contributed by atoms with Crippen LogP contribution in [0.15, 0.2) is 140 Å². The van der Waals surface area contributed by atoms with Gasteiger partial charge < -0.3 is 4.57 Å².